The zero-order valence-corrected chi connectivity index (χ0v) is 21.3. The van der Waals surface area contributed by atoms with E-state index in [1.807, 2.05) is 24.0 Å². The summed E-state index contributed by atoms with van der Waals surface area (Å²) < 4.78 is 0. The van der Waals surface area contributed by atoms with E-state index in [1.54, 1.807) is 13.1 Å². The first-order valence-electron chi connectivity index (χ1n) is 12.1. The van der Waals surface area contributed by atoms with Gasteiger partial charge in [-0.15, -0.1) is 0 Å². The molecule has 2 fully saturated rings. The summed E-state index contributed by atoms with van der Waals surface area (Å²) in [5.74, 6) is 1.49. The summed E-state index contributed by atoms with van der Waals surface area (Å²) >= 11 is 12.1. The third kappa shape index (κ3) is 5.55. The van der Waals surface area contributed by atoms with E-state index < -0.39 is 0 Å². The molecule has 6 nitrogen and oxygen atoms in total. The third-order valence-electron chi connectivity index (χ3n) is 7.61. The zero-order valence-electron chi connectivity index (χ0n) is 19.8. The number of hydrogen-bond acceptors (Lipinski definition) is 4. The van der Waals surface area contributed by atoms with Crippen molar-refractivity contribution in [3.05, 3.63) is 57.1 Å². The number of amides is 2. The van der Waals surface area contributed by atoms with Crippen molar-refractivity contribution in [1.82, 2.24) is 20.2 Å². The van der Waals surface area contributed by atoms with Crippen LogP contribution in [0, 0.1) is 24.7 Å². The van der Waals surface area contributed by atoms with E-state index in [0.717, 1.165) is 68.4 Å². The number of nitrogens with one attached hydrogen (secondary N) is 1. The maximum Gasteiger partial charge on any atom is 0.272 e. The topological polar surface area (TPSA) is 75.2 Å². The average molecular weight is 503 g/mol. The van der Waals surface area contributed by atoms with Gasteiger partial charge in [-0.05, 0) is 81.4 Å². The van der Waals surface area contributed by atoms with Crippen molar-refractivity contribution < 1.29 is 9.59 Å². The minimum absolute atomic E-state index is 0.0104. The van der Waals surface area contributed by atoms with Crippen molar-refractivity contribution in [2.45, 2.75) is 51.9 Å². The highest BCUT2D eigenvalue weighted by Crippen LogP contribution is 2.40. The standard InChI is InChI=1S/C26H32Cl2N4O2/c1-16-23(8-4-17-3-7-21(27)22(28)13-17)30-15-31-24(16)26(34)32-11-9-18(10-12-32)19-5-6-20(14-19)25(33)29-2/h3,7,13,15,18-20H,4-6,8-12,14H2,1-2H3,(H,29,33)/t19?,20-/m1/s1. The Labute approximate surface area is 211 Å². The van der Waals surface area contributed by atoms with Gasteiger partial charge in [-0.3, -0.25) is 9.59 Å². The van der Waals surface area contributed by atoms with Crippen molar-refractivity contribution in [1.29, 1.82) is 0 Å². The normalized spacial score (nSPS) is 21.0. The molecule has 1 aliphatic heterocycles. The van der Waals surface area contributed by atoms with Gasteiger partial charge in [-0.1, -0.05) is 29.3 Å². The second-order valence-electron chi connectivity index (χ2n) is 9.56. The van der Waals surface area contributed by atoms with Crippen LogP contribution in [0.25, 0.3) is 0 Å². The summed E-state index contributed by atoms with van der Waals surface area (Å²) in [4.78, 5) is 36.0. The van der Waals surface area contributed by atoms with Crippen LogP contribution in [0.5, 0.6) is 0 Å². The fourth-order valence-corrected chi connectivity index (χ4v) is 5.84. The summed E-state index contributed by atoms with van der Waals surface area (Å²) in [6, 6.07) is 5.63. The number of nitrogens with zero attached hydrogens (tertiary/aromatic N) is 3. The van der Waals surface area contributed by atoms with Crippen LogP contribution in [0.3, 0.4) is 0 Å². The second kappa shape index (κ2) is 11.0. The maximum absolute atomic E-state index is 13.3. The van der Waals surface area contributed by atoms with E-state index in [2.05, 4.69) is 15.3 Å². The Balaban J connectivity index is 1.34. The molecule has 1 aromatic heterocycles. The predicted octanol–water partition coefficient (Wildman–Crippen LogP) is 4.89. The monoisotopic (exact) mass is 502 g/mol. The molecular formula is C26H32Cl2N4O2. The van der Waals surface area contributed by atoms with E-state index in [0.29, 0.717) is 34.0 Å². The van der Waals surface area contributed by atoms with E-state index in [-0.39, 0.29) is 17.7 Å². The number of carbonyl (C=O) groups is 2. The number of benzene rings is 1. The van der Waals surface area contributed by atoms with Gasteiger partial charge in [0.1, 0.15) is 12.0 Å². The molecule has 1 saturated heterocycles. The first kappa shape index (κ1) is 24.9. The first-order chi connectivity index (χ1) is 16.4. The Morgan fingerprint density at radius 3 is 2.50 bits per heavy atom. The van der Waals surface area contributed by atoms with Crippen LogP contribution < -0.4 is 5.32 Å². The summed E-state index contributed by atoms with van der Waals surface area (Å²) in [6.07, 6.45) is 8.00. The summed E-state index contributed by atoms with van der Waals surface area (Å²) in [5, 5.41) is 3.87. The smallest absolute Gasteiger partial charge is 0.272 e. The highest BCUT2D eigenvalue weighted by atomic mass is 35.5. The molecule has 2 atom stereocenters. The number of likely N-dealkylation sites (tertiary alicyclic amines) is 1. The molecule has 1 saturated carbocycles. The molecule has 1 N–H and O–H groups in total. The number of halogens is 2. The second-order valence-corrected chi connectivity index (χ2v) is 10.4. The number of aryl methyl sites for hydroxylation is 2. The van der Waals surface area contributed by atoms with Crippen LogP contribution in [-0.2, 0) is 17.6 Å². The van der Waals surface area contributed by atoms with E-state index >= 15 is 0 Å². The molecule has 2 aromatic rings. The summed E-state index contributed by atoms with van der Waals surface area (Å²) in [7, 11) is 1.72. The summed E-state index contributed by atoms with van der Waals surface area (Å²) in [6.45, 7) is 3.42. The largest absolute Gasteiger partial charge is 0.359 e. The van der Waals surface area contributed by atoms with Crippen molar-refractivity contribution in [3.63, 3.8) is 0 Å². The van der Waals surface area contributed by atoms with Gasteiger partial charge in [0.2, 0.25) is 5.91 Å². The van der Waals surface area contributed by atoms with E-state index in [9.17, 15) is 9.59 Å². The molecule has 0 radical (unpaired) electrons. The molecule has 34 heavy (non-hydrogen) atoms. The quantitative estimate of drug-likeness (QED) is 0.609. The van der Waals surface area contributed by atoms with Gasteiger partial charge in [-0.2, -0.15) is 0 Å². The SMILES string of the molecule is CNC(=O)[C@@H]1CCC(C2CCN(C(=O)c3ncnc(CCc4ccc(Cl)c(Cl)c4)c3C)CC2)C1. The fraction of sp³-hybridized carbons (Fsp3) is 0.538. The van der Waals surface area contributed by atoms with Crippen LogP contribution in [0.1, 0.15) is 59.4 Å². The van der Waals surface area contributed by atoms with E-state index in [4.69, 9.17) is 23.2 Å². The summed E-state index contributed by atoms with van der Waals surface area (Å²) in [5.41, 5.74) is 3.30. The van der Waals surface area contributed by atoms with Crippen molar-refractivity contribution >= 4 is 35.0 Å². The van der Waals surface area contributed by atoms with Crippen molar-refractivity contribution in [2.24, 2.45) is 17.8 Å². The number of piperidine rings is 1. The molecule has 2 aliphatic rings. The molecule has 4 rings (SSSR count). The molecular weight excluding hydrogens is 471 g/mol. The zero-order chi connectivity index (χ0) is 24.2. The lowest BCUT2D eigenvalue weighted by atomic mass is 9.82. The molecule has 8 heteroatoms. The van der Waals surface area contributed by atoms with Crippen LogP contribution in [0.15, 0.2) is 24.5 Å². The number of carbonyl (C=O) groups excluding carboxylic acids is 2. The van der Waals surface area contributed by atoms with Gasteiger partial charge < -0.3 is 10.2 Å². The average Bonchev–Trinajstić information content (AvgIpc) is 3.35. The predicted molar refractivity (Wildman–Crippen MR) is 134 cm³/mol. The molecule has 1 aromatic carbocycles. The van der Waals surface area contributed by atoms with Gasteiger partial charge in [-0.25, -0.2) is 9.97 Å². The maximum atomic E-state index is 13.3. The third-order valence-corrected chi connectivity index (χ3v) is 8.35. The van der Waals surface area contributed by atoms with E-state index in [1.165, 1.54) is 6.33 Å². The number of rotatable bonds is 6. The Hall–Kier alpha value is -2.18. The molecule has 1 unspecified atom stereocenters. The van der Waals surface area contributed by atoms with Crippen LogP contribution >= 0.6 is 23.2 Å². The Kier molecular flexibility index (Phi) is 8.10. The van der Waals surface area contributed by atoms with Crippen molar-refractivity contribution in [2.75, 3.05) is 20.1 Å². The van der Waals surface area contributed by atoms with Gasteiger partial charge in [0.25, 0.3) is 5.91 Å². The minimum atomic E-state index is -0.0104. The first-order valence-corrected chi connectivity index (χ1v) is 12.9. The Morgan fingerprint density at radius 2 is 1.79 bits per heavy atom. The lowest BCUT2D eigenvalue weighted by Crippen LogP contribution is -2.40. The molecule has 2 amide bonds. The fourth-order valence-electron chi connectivity index (χ4n) is 5.52. The number of aromatic nitrogens is 2. The molecule has 0 bridgehead atoms. The molecule has 2 heterocycles. The molecule has 0 spiro atoms. The van der Waals surface area contributed by atoms with Crippen LogP contribution in [-0.4, -0.2) is 46.8 Å². The lowest BCUT2D eigenvalue weighted by Gasteiger charge is -2.35. The van der Waals surface area contributed by atoms with Crippen LogP contribution in [0.4, 0.5) is 0 Å². The highest BCUT2D eigenvalue weighted by molar-refractivity contribution is 6.42. The van der Waals surface area contributed by atoms with Gasteiger partial charge in [0.15, 0.2) is 0 Å². The van der Waals surface area contributed by atoms with Gasteiger partial charge in [0.05, 0.1) is 10.0 Å². The molecule has 182 valence electrons. The Morgan fingerprint density at radius 1 is 1.03 bits per heavy atom. The Bertz CT molecular complexity index is 1050. The van der Waals surface area contributed by atoms with Crippen molar-refractivity contribution in [3.8, 4) is 0 Å². The lowest BCUT2D eigenvalue weighted by molar-refractivity contribution is -0.124. The highest BCUT2D eigenvalue weighted by Gasteiger charge is 2.36. The van der Waals surface area contributed by atoms with Gasteiger partial charge in [0, 0.05) is 37.3 Å². The minimum Gasteiger partial charge on any atom is -0.359 e. The number of hydrogen-bond donors (Lipinski definition) is 1. The van der Waals surface area contributed by atoms with Gasteiger partial charge >= 0.3 is 0 Å². The van der Waals surface area contributed by atoms with Crippen LogP contribution in [0.2, 0.25) is 10.0 Å². The molecule has 1 aliphatic carbocycles.